The van der Waals surface area contributed by atoms with Crippen LogP contribution in [-0.4, -0.2) is 18.5 Å². The fraction of sp³-hybridized carbons (Fsp3) is 0.211. The van der Waals surface area contributed by atoms with Crippen molar-refractivity contribution in [1.29, 1.82) is 5.26 Å². The van der Waals surface area contributed by atoms with E-state index in [1.165, 1.54) is 12.1 Å². The van der Waals surface area contributed by atoms with Crippen LogP contribution in [0.5, 0.6) is 0 Å². The first-order valence-electron chi connectivity index (χ1n) is 7.76. The average Bonchev–Trinajstić information content (AvgIpc) is 2.62. The van der Waals surface area contributed by atoms with Gasteiger partial charge >= 0.3 is 5.97 Å². The highest BCUT2D eigenvalue weighted by Gasteiger charge is 2.21. The van der Waals surface area contributed by atoms with Crippen LogP contribution in [0.2, 0.25) is 5.02 Å². The van der Waals surface area contributed by atoms with E-state index in [1.807, 2.05) is 43.3 Å². The quantitative estimate of drug-likeness (QED) is 0.796. The summed E-state index contributed by atoms with van der Waals surface area (Å²) in [5.74, 6) is -1.42. The normalized spacial score (nSPS) is 11.2. The second-order valence-corrected chi connectivity index (χ2v) is 5.77. The Balaban J connectivity index is 1.97. The van der Waals surface area contributed by atoms with Crippen LogP contribution < -0.4 is 5.32 Å². The predicted octanol–water partition coefficient (Wildman–Crippen LogP) is 3.89. The summed E-state index contributed by atoms with van der Waals surface area (Å²) in [6.45, 7) is 1.45. The standard InChI is InChI=1S/C19H17ClN2O3/c1-2-16(13-6-4-3-5-7-13)19(24)25-12-18(23)22-17-10-15(20)9-8-14(17)11-21/h3-10,16H,2,12H2,1H3,(H,22,23)/t16-/m1/s1. The SMILES string of the molecule is CC[C@@H](C(=O)OCC(=O)Nc1cc(Cl)ccc1C#N)c1ccccc1. The molecule has 2 rings (SSSR count). The van der Waals surface area contributed by atoms with Gasteiger partial charge < -0.3 is 10.1 Å². The third-order valence-corrected chi connectivity index (χ3v) is 3.85. The lowest BCUT2D eigenvalue weighted by molar-refractivity contribution is -0.149. The van der Waals surface area contributed by atoms with Gasteiger partial charge in [-0.3, -0.25) is 9.59 Å². The van der Waals surface area contributed by atoms with Gasteiger partial charge in [0.05, 0.1) is 17.2 Å². The maximum Gasteiger partial charge on any atom is 0.313 e. The number of anilines is 1. The van der Waals surface area contributed by atoms with Crippen LogP contribution in [0.15, 0.2) is 48.5 Å². The molecule has 0 saturated heterocycles. The van der Waals surface area contributed by atoms with Gasteiger partial charge in [0, 0.05) is 5.02 Å². The second-order valence-electron chi connectivity index (χ2n) is 5.33. The summed E-state index contributed by atoms with van der Waals surface area (Å²) in [6.07, 6.45) is 0.567. The number of hydrogen-bond acceptors (Lipinski definition) is 4. The minimum atomic E-state index is -0.532. The zero-order valence-electron chi connectivity index (χ0n) is 13.7. The van der Waals surface area contributed by atoms with Gasteiger partial charge in [-0.05, 0) is 30.2 Å². The fourth-order valence-electron chi connectivity index (χ4n) is 2.36. The van der Waals surface area contributed by atoms with E-state index in [1.54, 1.807) is 6.07 Å². The molecule has 1 amide bonds. The molecule has 5 nitrogen and oxygen atoms in total. The van der Waals surface area contributed by atoms with Crippen LogP contribution in [0.3, 0.4) is 0 Å². The molecule has 0 aromatic heterocycles. The van der Waals surface area contributed by atoms with E-state index in [4.69, 9.17) is 21.6 Å². The zero-order valence-corrected chi connectivity index (χ0v) is 14.4. The van der Waals surface area contributed by atoms with Gasteiger partial charge in [-0.2, -0.15) is 5.26 Å². The lowest BCUT2D eigenvalue weighted by atomic mass is 9.97. The maximum atomic E-state index is 12.2. The van der Waals surface area contributed by atoms with E-state index in [0.29, 0.717) is 11.4 Å². The molecule has 0 unspecified atom stereocenters. The third-order valence-electron chi connectivity index (χ3n) is 3.62. The molecular weight excluding hydrogens is 340 g/mol. The van der Waals surface area contributed by atoms with Gasteiger partial charge in [0.2, 0.25) is 0 Å². The summed E-state index contributed by atoms with van der Waals surface area (Å²) in [5.41, 5.74) is 1.41. The van der Waals surface area contributed by atoms with Crippen molar-refractivity contribution in [1.82, 2.24) is 0 Å². The van der Waals surface area contributed by atoms with Gasteiger partial charge in [-0.15, -0.1) is 0 Å². The van der Waals surface area contributed by atoms with E-state index < -0.39 is 24.4 Å². The Kier molecular flexibility index (Phi) is 6.55. The molecule has 0 saturated carbocycles. The Hall–Kier alpha value is -2.84. The van der Waals surface area contributed by atoms with Crippen LogP contribution in [0.4, 0.5) is 5.69 Å². The number of hydrogen-bond donors (Lipinski definition) is 1. The van der Waals surface area contributed by atoms with Crippen molar-refractivity contribution in [3.05, 3.63) is 64.7 Å². The molecule has 0 aliphatic carbocycles. The molecule has 0 spiro atoms. The van der Waals surface area contributed by atoms with Gasteiger partial charge in [0.15, 0.2) is 6.61 Å². The largest absolute Gasteiger partial charge is 0.455 e. The van der Waals surface area contributed by atoms with Crippen molar-refractivity contribution < 1.29 is 14.3 Å². The summed E-state index contributed by atoms with van der Waals surface area (Å²) in [5, 5.41) is 12.0. The van der Waals surface area contributed by atoms with Crippen molar-refractivity contribution in [2.24, 2.45) is 0 Å². The smallest absolute Gasteiger partial charge is 0.313 e. The Morgan fingerprint density at radius 1 is 1.24 bits per heavy atom. The summed E-state index contributed by atoms with van der Waals surface area (Å²) < 4.78 is 5.12. The highest BCUT2D eigenvalue weighted by molar-refractivity contribution is 6.31. The molecule has 1 N–H and O–H groups in total. The molecule has 0 bridgehead atoms. The molecule has 2 aromatic rings. The topological polar surface area (TPSA) is 79.2 Å². The Morgan fingerprint density at radius 3 is 2.60 bits per heavy atom. The second kappa shape index (κ2) is 8.86. The predicted molar refractivity (Wildman–Crippen MR) is 95.2 cm³/mol. The Labute approximate surface area is 151 Å². The monoisotopic (exact) mass is 356 g/mol. The number of nitriles is 1. The number of carbonyl (C=O) groups is 2. The molecule has 0 aliphatic rings. The average molecular weight is 357 g/mol. The van der Waals surface area contributed by atoms with Crippen LogP contribution in [0.1, 0.15) is 30.4 Å². The molecule has 25 heavy (non-hydrogen) atoms. The molecule has 128 valence electrons. The molecule has 0 fully saturated rings. The van der Waals surface area contributed by atoms with Gasteiger partial charge in [-0.25, -0.2) is 0 Å². The summed E-state index contributed by atoms with van der Waals surface area (Å²) in [6, 6.07) is 15.8. The summed E-state index contributed by atoms with van der Waals surface area (Å²) in [4.78, 5) is 24.2. The highest BCUT2D eigenvalue weighted by Crippen LogP contribution is 2.22. The van der Waals surface area contributed by atoms with E-state index in [0.717, 1.165) is 5.56 Å². The molecule has 2 aromatic carbocycles. The lowest BCUT2D eigenvalue weighted by Gasteiger charge is -2.14. The first-order chi connectivity index (χ1) is 12.0. The van der Waals surface area contributed by atoms with Crippen molar-refractivity contribution in [3.8, 4) is 6.07 Å². The number of esters is 1. The number of rotatable bonds is 6. The molecule has 0 radical (unpaired) electrons. The number of benzene rings is 2. The molecule has 1 atom stereocenters. The number of halogens is 1. The summed E-state index contributed by atoms with van der Waals surface area (Å²) >= 11 is 5.87. The van der Waals surface area contributed by atoms with Crippen molar-refractivity contribution in [2.75, 3.05) is 11.9 Å². The van der Waals surface area contributed by atoms with Gasteiger partial charge in [-0.1, -0.05) is 48.9 Å². The minimum absolute atomic E-state index is 0.278. The number of ether oxygens (including phenoxy) is 1. The first kappa shape index (κ1) is 18.5. The third kappa shape index (κ3) is 5.07. The van der Waals surface area contributed by atoms with Crippen LogP contribution in [0.25, 0.3) is 0 Å². The summed E-state index contributed by atoms with van der Waals surface area (Å²) in [7, 11) is 0. The Bertz CT molecular complexity index is 800. The van der Waals surface area contributed by atoms with E-state index >= 15 is 0 Å². The van der Waals surface area contributed by atoms with Gasteiger partial charge in [0.25, 0.3) is 5.91 Å². The maximum absolute atomic E-state index is 12.2. The van der Waals surface area contributed by atoms with Crippen molar-refractivity contribution in [2.45, 2.75) is 19.3 Å². The van der Waals surface area contributed by atoms with E-state index in [2.05, 4.69) is 5.32 Å². The van der Waals surface area contributed by atoms with Gasteiger partial charge in [0.1, 0.15) is 6.07 Å². The molecular formula is C19H17ClN2O3. The molecule has 6 heteroatoms. The molecule has 0 aliphatic heterocycles. The number of nitrogens with one attached hydrogen (secondary N) is 1. The van der Waals surface area contributed by atoms with E-state index in [9.17, 15) is 9.59 Å². The number of nitrogens with zero attached hydrogens (tertiary/aromatic N) is 1. The first-order valence-corrected chi connectivity index (χ1v) is 8.14. The van der Waals surface area contributed by atoms with Crippen molar-refractivity contribution in [3.63, 3.8) is 0 Å². The van der Waals surface area contributed by atoms with Crippen LogP contribution in [0, 0.1) is 11.3 Å². The van der Waals surface area contributed by atoms with Crippen LogP contribution in [-0.2, 0) is 14.3 Å². The number of amides is 1. The van der Waals surface area contributed by atoms with Crippen LogP contribution >= 0.6 is 11.6 Å². The fourth-order valence-corrected chi connectivity index (χ4v) is 2.54. The minimum Gasteiger partial charge on any atom is -0.455 e. The highest BCUT2D eigenvalue weighted by atomic mass is 35.5. The number of carbonyl (C=O) groups excluding carboxylic acids is 2. The Morgan fingerprint density at radius 2 is 1.96 bits per heavy atom. The molecule has 0 heterocycles. The lowest BCUT2D eigenvalue weighted by Crippen LogP contribution is -2.24. The zero-order chi connectivity index (χ0) is 18.2. The van der Waals surface area contributed by atoms with Crippen molar-refractivity contribution >= 4 is 29.2 Å². The van der Waals surface area contributed by atoms with E-state index in [-0.39, 0.29) is 11.3 Å².